The summed E-state index contributed by atoms with van der Waals surface area (Å²) >= 11 is 7.73. The number of rotatable bonds is 6. The summed E-state index contributed by atoms with van der Waals surface area (Å²) in [6.45, 7) is 2.10. The Morgan fingerprint density at radius 2 is 2.10 bits per heavy atom. The highest BCUT2D eigenvalue weighted by Gasteiger charge is 2.09. The standard InChI is InChI=1S/C22H17ClN2O3S/c1-15(26)20-7-8-21(29-20)17-5-6-19(18(23)13-17)28-12-11-25-22(27)9-4-16-3-2-10-24-14-16/h2-3,5-8,10,13-14H,11-12H2,1H3,(H,25,27). The zero-order valence-corrected chi connectivity index (χ0v) is 17.1. The molecule has 5 nitrogen and oxygen atoms in total. The molecule has 7 heteroatoms. The van der Waals surface area contributed by atoms with Gasteiger partial charge in [-0.3, -0.25) is 14.6 Å². The van der Waals surface area contributed by atoms with Crippen LogP contribution in [0.3, 0.4) is 0 Å². The van der Waals surface area contributed by atoms with Gasteiger partial charge in [-0.25, -0.2) is 0 Å². The topological polar surface area (TPSA) is 68.3 Å². The average Bonchev–Trinajstić information content (AvgIpc) is 3.22. The predicted octanol–water partition coefficient (Wildman–Crippen LogP) is 4.21. The summed E-state index contributed by atoms with van der Waals surface area (Å²) in [5.74, 6) is 5.41. The smallest absolute Gasteiger partial charge is 0.296 e. The molecule has 146 valence electrons. The Morgan fingerprint density at radius 3 is 2.79 bits per heavy atom. The van der Waals surface area contributed by atoms with Crippen LogP contribution in [-0.2, 0) is 4.79 Å². The Kier molecular flexibility index (Phi) is 7.01. The number of nitrogens with zero attached hydrogens (tertiary/aromatic N) is 1. The first-order valence-corrected chi connectivity index (χ1v) is 9.96. The molecule has 3 rings (SSSR count). The van der Waals surface area contributed by atoms with E-state index in [-0.39, 0.29) is 12.4 Å². The lowest BCUT2D eigenvalue weighted by Crippen LogP contribution is -2.26. The Hall–Kier alpha value is -3.14. The molecule has 0 saturated carbocycles. The third kappa shape index (κ3) is 5.92. The van der Waals surface area contributed by atoms with Crippen LogP contribution in [-0.4, -0.2) is 29.8 Å². The molecular formula is C22H17ClN2O3S. The van der Waals surface area contributed by atoms with Crippen LogP contribution in [0.2, 0.25) is 5.02 Å². The number of ketones is 1. The number of pyridine rings is 1. The molecule has 0 atom stereocenters. The molecule has 1 amide bonds. The van der Waals surface area contributed by atoms with Gasteiger partial charge >= 0.3 is 0 Å². The van der Waals surface area contributed by atoms with Gasteiger partial charge < -0.3 is 10.1 Å². The number of hydrogen-bond acceptors (Lipinski definition) is 5. The van der Waals surface area contributed by atoms with Crippen molar-refractivity contribution in [3.63, 3.8) is 0 Å². The number of thiophene rings is 1. The van der Waals surface area contributed by atoms with Gasteiger partial charge in [0.15, 0.2) is 5.78 Å². The molecule has 1 aromatic carbocycles. The van der Waals surface area contributed by atoms with E-state index in [1.165, 1.54) is 11.3 Å². The second-order valence-corrected chi connectivity index (χ2v) is 7.45. The lowest BCUT2D eigenvalue weighted by molar-refractivity contribution is -0.115. The van der Waals surface area contributed by atoms with E-state index in [9.17, 15) is 9.59 Å². The molecule has 29 heavy (non-hydrogen) atoms. The van der Waals surface area contributed by atoms with Gasteiger partial charge in [0.2, 0.25) is 0 Å². The fourth-order valence-corrected chi connectivity index (χ4v) is 3.52. The first-order chi connectivity index (χ1) is 14.0. The number of nitrogens with one attached hydrogen (secondary N) is 1. The zero-order valence-electron chi connectivity index (χ0n) is 15.6. The Bertz CT molecular complexity index is 1080. The first-order valence-electron chi connectivity index (χ1n) is 8.76. The van der Waals surface area contributed by atoms with Gasteiger partial charge in [-0.05, 0) is 55.0 Å². The van der Waals surface area contributed by atoms with Crippen LogP contribution in [0, 0.1) is 11.8 Å². The summed E-state index contributed by atoms with van der Waals surface area (Å²) in [7, 11) is 0. The molecule has 3 aromatic rings. The van der Waals surface area contributed by atoms with E-state index in [2.05, 4.69) is 22.1 Å². The number of halogens is 1. The second-order valence-electron chi connectivity index (χ2n) is 5.96. The molecule has 0 aliphatic carbocycles. The predicted molar refractivity (Wildman–Crippen MR) is 114 cm³/mol. The van der Waals surface area contributed by atoms with E-state index in [0.717, 1.165) is 10.4 Å². The van der Waals surface area contributed by atoms with Gasteiger partial charge in [0, 0.05) is 28.8 Å². The Labute approximate surface area is 177 Å². The summed E-state index contributed by atoms with van der Waals surface area (Å²) in [6.07, 6.45) is 3.23. The number of aromatic nitrogens is 1. The lowest BCUT2D eigenvalue weighted by Gasteiger charge is -2.09. The number of hydrogen-bond donors (Lipinski definition) is 1. The first kappa shape index (κ1) is 20.6. The maximum atomic E-state index is 11.7. The molecule has 2 aromatic heterocycles. The van der Waals surface area contributed by atoms with Crippen LogP contribution in [0.5, 0.6) is 5.75 Å². The number of ether oxygens (including phenoxy) is 1. The number of carbonyl (C=O) groups is 2. The van der Waals surface area contributed by atoms with E-state index in [0.29, 0.717) is 27.8 Å². The third-order valence-electron chi connectivity index (χ3n) is 3.80. The summed E-state index contributed by atoms with van der Waals surface area (Å²) in [4.78, 5) is 28.8. The minimum atomic E-state index is -0.391. The highest BCUT2D eigenvalue weighted by atomic mass is 35.5. The van der Waals surface area contributed by atoms with Crippen LogP contribution in [0.1, 0.15) is 22.2 Å². The minimum absolute atomic E-state index is 0.0412. The van der Waals surface area contributed by atoms with Crippen molar-refractivity contribution in [2.75, 3.05) is 13.2 Å². The molecule has 0 unspecified atom stereocenters. The third-order valence-corrected chi connectivity index (χ3v) is 5.33. The maximum Gasteiger partial charge on any atom is 0.296 e. The van der Waals surface area contributed by atoms with Crippen molar-refractivity contribution < 1.29 is 14.3 Å². The second kappa shape index (κ2) is 9.87. The molecule has 0 saturated heterocycles. The van der Waals surface area contributed by atoms with E-state index >= 15 is 0 Å². The van der Waals surface area contributed by atoms with Crippen LogP contribution < -0.4 is 10.1 Å². The largest absolute Gasteiger partial charge is 0.490 e. The van der Waals surface area contributed by atoms with Crippen molar-refractivity contribution in [1.82, 2.24) is 10.3 Å². The quantitative estimate of drug-likeness (QED) is 0.365. The molecule has 0 aliphatic heterocycles. The van der Waals surface area contributed by atoms with Crippen LogP contribution in [0.4, 0.5) is 0 Å². The SMILES string of the molecule is CC(=O)c1ccc(-c2ccc(OCCNC(=O)C#Cc3cccnc3)c(Cl)c2)s1. The number of carbonyl (C=O) groups excluding carboxylic acids is 2. The van der Waals surface area contributed by atoms with Gasteiger partial charge in [-0.15, -0.1) is 11.3 Å². The monoisotopic (exact) mass is 424 g/mol. The fourth-order valence-electron chi connectivity index (χ4n) is 2.39. The minimum Gasteiger partial charge on any atom is -0.490 e. The summed E-state index contributed by atoms with van der Waals surface area (Å²) in [5.41, 5.74) is 1.59. The number of amides is 1. The molecule has 0 bridgehead atoms. The van der Waals surface area contributed by atoms with Crippen molar-refractivity contribution in [3.05, 3.63) is 70.3 Å². The van der Waals surface area contributed by atoms with E-state index < -0.39 is 5.91 Å². The normalized spacial score (nSPS) is 10.0. The van der Waals surface area contributed by atoms with Gasteiger partial charge in [0.25, 0.3) is 5.91 Å². The summed E-state index contributed by atoms with van der Waals surface area (Å²) in [5, 5.41) is 3.12. The zero-order chi connectivity index (χ0) is 20.6. The molecule has 1 N–H and O–H groups in total. The van der Waals surface area contributed by atoms with Crippen LogP contribution in [0.25, 0.3) is 10.4 Å². The van der Waals surface area contributed by atoms with Gasteiger partial charge in [0.05, 0.1) is 16.4 Å². The van der Waals surface area contributed by atoms with E-state index in [1.807, 2.05) is 12.1 Å². The van der Waals surface area contributed by atoms with Crippen molar-refractivity contribution in [2.24, 2.45) is 0 Å². The molecule has 0 fully saturated rings. The van der Waals surface area contributed by atoms with Crippen LogP contribution >= 0.6 is 22.9 Å². The molecular weight excluding hydrogens is 408 g/mol. The van der Waals surface area contributed by atoms with Gasteiger partial charge in [-0.1, -0.05) is 17.5 Å². The van der Waals surface area contributed by atoms with Crippen molar-refractivity contribution in [2.45, 2.75) is 6.92 Å². The van der Waals surface area contributed by atoms with Gasteiger partial charge in [0.1, 0.15) is 12.4 Å². The van der Waals surface area contributed by atoms with E-state index in [1.54, 1.807) is 49.6 Å². The number of Topliss-reactive ketones (excluding diaryl/α,β-unsaturated/α-hetero) is 1. The lowest BCUT2D eigenvalue weighted by atomic mass is 10.2. The maximum absolute atomic E-state index is 11.7. The van der Waals surface area contributed by atoms with Crippen molar-refractivity contribution >= 4 is 34.6 Å². The molecule has 2 heterocycles. The Morgan fingerprint density at radius 1 is 1.24 bits per heavy atom. The highest BCUT2D eigenvalue weighted by Crippen LogP contribution is 2.34. The Balaban J connectivity index is 1.50. The fraction of sp³-hybridized carbons (Fsp3) is 0.136. The highest BCUT2D eigenvalue weighted by molar-refractivity contribution is 7.17. The average molecular weight is 425 g/mol. The molecule has 0 radical (unpaired) electrons. The van der Waals surface area contributed by atoms with Gasteiger partial charge in [-0.2, -0.15) is 0 Å². The molecule has 0 aliphatic rings. The number of benzene rings is 1. The van der Waals surface area contributed by atoms with E-state index in [4.69, 9.17) is 16.3 Å². The summed E-state index contributed by atoms with van der Waals surface area (Å²) < 4.78 is 5.63. The van der Waals surface area contributed by atoms with Crippen molar-refractivity contribution in [3.8, 4) is 28.0 Å². The van der Waals surface area contributed by atoms with Crippen LogP contribution in [0.15, 0.2) is 54.9 Å². The summed E-state index contributed by atoms with van der Waals surface area (Å²) in [6, 6.07) is 12.7. The van der Waals surface area contributed by atoms with Crippen molar-refractivity contribution in [1.29, 1.82) is 0 Å². The molecule has 0 spiro atoms.